The number of rotatable bonds is 6. The second-order valence-corrected chi connectivity index (χ2v) is 7.62. The van der Waals surface area contributed by atoms with Gasteiger partial charge in [0.2, 0.25) is 0 Å². The van der Waals surface area contributed by atoms with Crippen LogP contribution in [0.1, 0.15) is 51.0 Å². The van der Waals surface area contributed by atoms with Gasteiger partial charge >= 0.3 is 0 Å². The Bertz CT molecular complexity index is 606. The summed E-state index contributed by atoms with van der Waals surface area (Å²) in [5.74, 6) is 0. The number of nitrogens with zero attached hydrogens (tertiary/aromatic N) is 2. The Kier molecular flexibility index (Phi) is 6.48. The number of benzene rings is 1. The van der Waals surface area contributed by atoms with Crippen LogP contribution in [-0.4, -0.2) is 47.7 Å². The van der Waals surface area contributed by atoms with E-state index in [0.29, 0.717) is 23.9 Å². The molecule has 0 bridgehead atoms. The number of hydrogen-bond acceptors (Lipinski definition) is 5. The van der Waals surface area contributed by atoms with E-state index in [4.69, 9.17) is 4.74 Å². The third-order valence-electron chi connectivity index (χ3n) is 5.80. The Labute approximate surface area is 156 Å². The van der Waals surface area contributed by atoms with Crippen LogP contribution in [0.15, 0.2) is 18.2 Å². The molecule has 6 nitrogen and oxygen atoms in total. The van der Waals surface area contributed by atoms with E-state index < -0.39 is 0 Å². The van der Waals surface area contributed by atoms with Crippen molar-refractivity contribution in [1.82, 2.24) is 4.90 Å². The molecule has 0 spiro atoms. The standard InChI is InChI=1S/C20H31N3O3/c1-3-26-18-7-5-17(6-8-18)22-12-10-16(11-13-22)21-19-14-15(2)4-9-20(19)23(24)25/h4,9,14,16-18,21H,3,5-8,10-13H2,1-2H3. The summed E-state index contributed by atoms with van der Waals surface area (Å²) < 4.78 is 5.76. The molecule has 1 saturated carbocycles. The van der Waals surface area contributed by atoms with Gasteiger partial charge in [0.05, 0.1) is 11.0 Å². The summed E-state index contributed by atoms with van der Waals surface area (Å²) in [6.07, 6.45) is 7.33. The maximum absolute atomic E-state index is 11.3. The highest BCUT2D eigenvalue weighted by Gasteiger charge is 2.29. The number of nitrogens with one attached hydrogen (secondary N) is 1. The zero-order valence-corrected chi connectivity index (χ0v) is 15.9. The summed E-state index contributed by atoms with van der Waals surface area (Å²) in [4.78, 5) is 13.6. The highest BCUT2D eigenvalue weighted by atomic mass is 16.6. The zero-order valence-electron chi connectivity index (χ0n) is 15.9. The van der Waals surface area contributed by atoms with Gasteiger partial charge in [-0.3, -0.25) is 10.1 Å². The summed E-state index contributed by atoms with van der Waals surface area (Å²) in [7, 11) is 0. The maximum Gasteiger partial charge on any atom is 0.292 e. The second-order valence-electron chi connectivity index (χ2n) is 7.62. The van der Waals surface area contributed by atoms with Crippen LogP contribution in [0.25, 0.3) is 0 Å². The monoisotopic (exact) mass is 361 g/mol. The third-order valence-corrected chi connectivity index (χ3v) is 5.80. The highest BCUT2D eigenvalue weighted by molar-refractivity contribution is 5.63. The average molecular weight is 361 g/mol. The number of ether oxygens (including phenoxy) is 1. The Balaban J connectivity index is 1.50. The van der Waals surface area contributed by atoms with Gasteiger partial charge in [0.1, 0.15) is 5.69 Å². The molecule has 0 radical (unpaired) electrons. The molecule has 1 aliphatic carbocycles. The Hall–Kier alpha value is -1.66. The van der Waals surface area contributed by atoms with E-state index in [1.807, 2.05) is 13.0 Å². The van der Waals surface area contributed by atoms with Crippen LogP contribution >= 0.6 is 0 Å². The number of nitro benzene ring substituents is 1. The molecule has 2 aliphatic rings. The van der Waals surface area contributed by atoms with Crippen LogP contribution in [0.4, 0.5) is 11.4 Å². The third kappa shape index (κ3) is 4.74. The quantitative estimate of drug-likeness (QED) is 0.609. The molecule has 1 aromatic rings. The minimum absolute atomic E-state index is 0.173. The van der Waals surface area contributed by atoms with E-state index in [0.717, 1.165) is 38.1 Å². The van der Waals surface area contributed by atoms with Gasteiger partial charge in [0.15, 0.2) is 0 Å². The molecular formula is C20H31N3O3. The maximum atomic E-state index is 11.3. The van der Waals surface area contributed by atoms with E-state index in [-0.39, 0.29) is 10.6 Å². The molecule has 1 saturated heterocycles. The molecule has 0 atom stereocenters. The molecule has 2 fully saturated rings. The van der Waals surface area contributed by atoms with Gasteiger partial charge in [-0.15, -0.1) is 0 Å². The minimum atomic E-state index is -0.298. The van der Waals surface area contributed by atoms with Crippen molar-refractivity contribution in [2.24, 2.45) is 0 Å². The van der Waals surface area contributed by atoms with Crippen molar-refractivity contribution in [2.45, 2.75) is 70.6 Å². The number of piperidine rings is 1. The van der Waals surface area contributed by atoms with Crippen LogP contribution in [0, 0.1) is 17.0 Å². The first-order valence-corrected chi connectivity index (χ1v) is 9.94. The van der Waals surface area contributed by atoms with Crippen molar-refractivity contribution >= 4 is 11.4 Å². The van der Waals surface area contributed by atoms with Gasteiger partial charge in [-0.2, -0.15) is 0 Å². The minimum Gasteiger partial charge on any atom is -0.379 e. The predicted octanol–water partition coefficient (Wildman–Crippen LogP) is 4.13. The van der Waals surface area contributed by atoms with Crippen LogP contribution < -0.4 is 5.32 Å². The van der Waals surface area contributed by atoms with Crippen LogP contribution in [0.3, 0.4) is 0 Å². The molecule has 0 unspecified atom stereocenters. The number of likely N-dealkylation sites (tertiary alicyclic amines) is 1. The van der Waals surface area contributed by atoms with Crippen molar-refractivity contribution in [1.29, 1.82) is 0 Å². The first kappa shape index (κ1) is 19.1. The van der Waals surface area contributed by atoms with E-state index in [1.165, 1.54) is 25.7 Å². The summed E-state index contributed by atoms with van der Waals surface area (Å²) in [5, 5.41) is 14.7. The van der Waals surface area contributed by atoms with Gasteiger partial charge in [-0.1, -0.05) is 6.07 Å². The molecule has 1 N–H and O–H groups in total. The molecule has 144 valence electrons. The fourth-order valence-electron chi connectivity index (χ4n) is 4.37. The van der Waals surface area contributed by atoms with Gasteiger partial charge in [-0.05, 0) is 64.0 Å². The van der Waals surface area contributed by atoms with E-state index >= 15 is 0 Å². The normalized spacial score (nSPS) is 25.2. The van der Waals surface area contributed by atoms with Crippen molar-refractivity contribution in [3.8, 4) is 0 Å². The van der Waals surface area contributed by atoms with E-state index in [1.54, 1.807) is 12.1 Å². The molecule has 0 aromatic heterocycles. The lowest BCUT2D eigenvalue weighted by molar-refractivity contribution is -0.384. The van der Waals surface area contributed by atoms with Gasteiger partial charge in [-0.25, -0.2) is 0 Å². The van der Waals surface area contributed by atoms with Gasteiger partial charge in [0, 0.05) is 37.8 Å². The van der Waals surface area contributed by atoms with Crippen molar-refractivity contribution in [2.75, 3.05) is 25.0 Å². The number of nitro groups is 1. The average Bonchev–Trinajstić information content (AvgIpc) is 2.63. The van der Waals surface area contributed by atoms with Gasteiger partial charge in [0.25, 0.3) is 5.69 Å². The van der Waals surface area contributed by atoms with E-state index in [2.05, 4.69) is 17.1 Å². The number of hydrogen-bond donors (Lipinski definition) is 1. The van der Waals surface area contributed by atoms with Crippen molar-refractivity contribution in [3.05, 3.63) is 33.9 Å². The summed E-state index contributed by atoms with van der Waals surface area (Å²) in [6.45, 7) is 7.00. The Morgan fingerprint density at radius 3 is 2.50 bits per heavy atom. The molecule has 1 aliphatic heterocycles. The lowest BCUT2D eigenvalue weighted by atomic mass is 9.90. The Morgan fingerprint density at radius 1 is 1.19 bits per heavy atom. The fraction of sp³-hybridized carbons (Fsp3) is 0.700. The second kappa shape index (κ2) is 8.82. The smallest absolute Gasteiger partial charge is 0.292 e. The molecular weight excluding hydrogens is 330 g/mol. The van der Waals surface area contributed by atoms with Crippen molar-refractivity contribution < 1.29 is 9.66 Å². The molecule has 3 rings (SSSR count). The largest absolute Gasteiger partial charge is 0.379 e. The SMILES string of the molecule is CCOC1CCC(N2CCC(Nc3cc(C)ccc3[N+](=O)[O-])CC2)CC1. The first-order valence-electron chi connectivity index (χ1n) is 9.94. The Morgan fingerprint density at radius 2 is 1.88 bits per heavy atom. The summed E-state index contributed by atoms with van der Waals surface area (Å²) >= 11 is 0. The lowest BCUT2D eigenvalue weighted by Gasteiger charge is -2.41. The molecule has 6 heteroatoms. The molecule has 1 heterocycles. The summed E-state index contributed by atoms with van der Waals surface area (Å²) in [5.41, 5.74) is 1.87. The van der Waals surface area contributed by atoms with Crippen LogP contribution in [0.2, 0.25) is 0 Å². The molecule has 0 amide bonds. The molecule has 1 aromatic carbocycles. The summed E-state index contributed by atoms with van der Waals surface area (Å²) in [6, 6.07) is 6.28. The van der Waals surface area contributed by atoms with Crippen molar-refractivity contribution in [3.63, 3.8) is 0 Å². The topological polar surface area (TPSA) is 67.6 Å². The number of anilines is 1. The lowest BCUT2D eigenvalue weighted by Crippen LogP contribution is -2.46. The van der Waals surface area contributed by atoms with E-state index in [9.17, 15) is 10.1 Å². The van der Waals surface area contributed by atoms with Crippen LogP contribution in [-0.2, 0) is 4.74 Å². The predicted molar refractivity (Wildman–Crippen MR) is 104 cm³/mol. The molecule has 26 heavy (non-hydrogen) atoms. The van der Waals surface area contributed by atoms with Gasteiger partial charge < -0.3 is 15.0 Å². The number of aryl methyl sites for hydroxylation is 1. The van der Waals surface area contributed by atoms with Crippen LogP contribution in [0.5, 0.6) is 0 Å². The first-order chi connectivity index (χ1) is 12.6. The zero-order chi connectivity index (χ0) is 18.5. The highest BCUT2D eigenvalue weighted by Crippen LogP contribution is 2.30. The fourth-order valence-corrected chi connectivity index (χ4v) is 4.37.